The molecule has 0 amide bonds. The lowest BCUT2D eigenvalue weighted by atomic mass is 9.91. The maximum atomic E-state index is 12.2. The van der Waals surface area contributed by atoms with E-state index < -0.39 is 12.1 Å². The average molecular weight is 358 g/mol. The number of Topliss-reactive ketones (excluding diaryl/α,β-unsaturated/α-hetero) is 1. The van der Waals surface area contributed by atoms with Crippen LogP contribution in [0, 0.1) is 0 Å². The molecule has 136 valence electrons. The maximum absolute atomic E-state index is 12.2. The smallest absolute Gasteiger partial charge is 0.342 e. The first-order valence-corrected chi connectivity index (χ1v) is 7.96. The van der Waals surface area contributed by atoms with Crippen LogP contribution >= 0.6 is 0 Å². The SMILES string of the molecule is COc1cc(O)c(C(C)=O)c(CC2Cc3cc(O)cc(O)c3C(=O)O2)c1. The third-order valence-electron chi connectivity index (χ3n) is 4.32. The topological polar surface area (TPSA) is 113 Å². The van der Waals surface area contributed by atoms with Gasteiger partial charge < -0.3 is 24.8 Å². The number of aromatic hydroxyl groups is 3. The first-order valence-electron chi connectivity index (χ1n) is 7.96. The summed E-state index contributed by atoms with van der Waals surface area (Å²) in [5, 5.41) is 29.6. The Labute approximate surface area is 149 Å². The number of hydrogen-bond donors (Lipinski definition) is 3. The Hall–Kier alpha value is -3.22. The summed E-state index contributed by atoms with van der Waals surface area (Å²) in [7, 11) is 1.44. The molecule has 7 nitrogen and oxygen atoms in total. The molecule has 1 atom stereocenters. The predicted molar refractivity (Wildman–Crippen MR) is 91.0 cm³/mol. The number of rotatable bonds is 4. The molecule has 1 aliphatic heterocycles. The molecule has 26 heavy (non-hydrogen) atoms. The van der Waals surface area contributed by atoms with Gasteiger partial charge in [-0.25, -0.2) is 4.79 Å². The van der Waals surface area contributed by atoms with Crippen molar-refractivity contribution in [2.24, 2.45) is 0 Å². The van der Waals surface area contributed by atoms with Crippen molar-refractivity contribution in [1.82, 2.24) is 0 Å². The Kier molecular flexibility index (Phi) is 4.46. The lowest BCUT2D eigenvalue weighted by Gasteiger charge is -2.26. The zero-order valence-corrected chi connectivity index (χ0v) is 14.3. The van der Waals surface area contributed by atoms with E-state index in [1.165, 1.54) is 26.2 Å². The van der Waals surface area contributed by atoms with Gasteiger partial charge in [0.05, 0.1) is 12.7 Å². The number of esters is 1. The maximum Gasteiger partial charge on any atom is 0.342 e. The number of hydrogen-bond acceptors (Lipinski definition) is 7. The van der Waals surface area contributed by atoms with Crippen LogP contribution in [0.4, 0.5) is 0 Å². The predicted octanol–water partition coefficient (Wildman–Crippen LogP) is 2.34. The number of cyclic esters (lactones) is 1. The second-order valence-electron chi connectivity index (χ2n) is 6.17. The molecule has 0 saturated heterocycles. The number of carbonyl (C=O) groups is 2. The number of phenols is 3. The highest BCUT2D eigenvalue weighted by Crippen LogP contribution is 2.35. The van der Waals surface area contributed by atoms with Crippen LogP contribution < -0.4 is 4.74 Å². The monoisotopic (exact) mass is 358 g/mol. The summed E-state index contributed by atoms with van der Waals surface area (Å²) in [6.45, 7) is 1.34. The normalized spacial score (nSPS) is 15.9. The summed E-state index contributed by atoms with van der Waals surface area (Å²) in [6.07, 6.45) is -0.208. The number of ketones is 1. The van der Waals surface area contributed by atoms with Gasteiger partial charge >= 0.3 is 5.97 Å². The van der Waals surface area contributed by atoms with Crippen molar-refractivity contribution in [2.75, 3.05) is 7.11 Å². The fourth-order valence-electron chi connectivity index (χ4n) is 3.26. The molecule has 0 spiro atoms. The van der Waals surface area contributed by atoms with Crippen molar-refractivity contribution in [2.45, 2.75) is 25.9 Å². The summed E-state index contributed by atoms with van der Waals surface area (Å²) in [4.78, 5) is 24.1. The van der Waals surface area contributed by atoms with Crippen molar-refractivity contribution in [3.05, 3.63) is 46.5 Å². The molecule has 1 unspecified atom stereocenters. The van der Waals surface area contributed by atoms with Crippen molar-refractivity contribution in [1.29, 1.82) is 0 Å². The van der Waals surface area contributed by atoms with Gasteiger partial charge in [0.1, 0.15) is 34.7 Å². The van der Waals surface area contributed by atoms with E-state index in [0.717, 1.165) is 6.07 Å². The molecule has 2 aromatic carbocycles. The van der Waals surface area contributed by atoms with E-state index in [-0.39, 0.29) is 47.0 Å². The van der Waals surface area contributed by atoms with Crippen LogP contribution in [0.25, 0.3) is 0 Å². The van der Waals surface area contributed by atoms with Crippen molar-refractivity contribution < 1.29 is 34.4 Å². The lowest BCUT2D eigenvalue weighted by molar-refractivity contribution is 0.0255. The zero-order valence-electron chi connectivity index (χ0n) is 14.3. The van der Waals surface area contributed by atoms with Gasteiger partial charge in [0.25, 0.3) is 0 Å². The molecule has 0 fully saturated rings. The van der Waals surface area contributed by atoms with E-state index >= 15 is 0 Å². The van der Waals surface area contributed by atoms with E-state index in [2.05, 4.69) is 0 Å². The standard InChI is InChI=1S/C19H18O7/c1-9(20)17-11(4-13(25-2)8-16(17)23)6-14-5-10-3-12(21)7-15(22)18(10)19(24)26-14/h3-4,7-8,14,21-23H,5-6H2,1-2H3. The molecule has 3 rings (SSSR count). The number of ether oxygens (including phenoxy) is 2. The van der Waals surface area contributed by atoms with Gasteiger partial charge in [0, 0.05) is 25.0 Å². The summed E-state index contributed by atoms with van der Waals surface area (Å²) in [5.41, 5.74) is 1.12. The summed E-state index contributed by atoms with van der Waals surface area (Å²) in [5.74, 6) is -1.35. The first-order chi connectivity index (χ1) is 12.3. The van der Waals surface area contributed by atoms with Gasteiger partial charge in [-0.15, -0.1) is 0 Å². The Morgan fingerprint density at radius 3 is 2.58 bits per heavy atom. The molecular weight excluding hydrogens is 340 g/mol. The minimum absolute atomic E-state index is 0.0272. The first kappa shape index (κ1) is 17.6. The molecule has 2 aromatic rings. The average Bonchev–Trinajstić information content (AvgIpc) is 2.52. The summed E-state index contributed by atoms with van der Waals surface area (Å²) < 4.78 is 10.5. The molecular formula is C19H18O7. The lowest BCUT2D eigenvalue weighted by Crippen LogP contribution is -2.30. The van der Waals surface area contributed by atoms with Crippen LogP contribution in [0.3, 0.4) is 0 Å². The van der Waals surface area contributed by atoms with Gasteiger partial charge in [0.15, 0.2) is 5.78 Å². The quantitative estimate of drug-likeness (QED) is 0.568. The minimum atomic E-state index is -0.703. The van der Waals surface area contributed by atoms with Crippen LogP contribution in [-0.4, -0.2) is 40.3 Å². The number of methoxy groups -OCH3 is 1. The number of fused-ring (bicyclic) bond motifs is 1. The second-order valence-corrected chi connectivity index (χ2v) is 6.17. The molecule has 0 bridgehead atoms. The number of benzene rings is 2. The van der Waals surface area contributed by atoms with Gasteiger partial charge in [-0.2, -0.15) is 0 Å². The fraction of sp³-hybridized carbons (Fsp3) is 0.263. The largest absolute Gasteiger partial charge is 0.508 e. The van der Waals surface area contributed by atoms with Crippen molar-refractivity contribution in [3.8, 4) is 23.0 Å². The third kappa shape index (κ3) is 3.15. The van der Waals surface area contributed by atoms with Gasteiger partial charge in [-0.3, -0.25) is 4.79 Å². The Balaban J connectivity index is 1.96. The highest BCUT2D eigenvalue weighted by Gasteiger charge is 2.31. The van der Waals surface area contributed by atoms with Crippen molar-refractivity contribution >= 4 is 11.8 Å². The van der Waals surface area contributed by atoms with Gasteiger partial charge in [0.2, 0.25) is 0 Å². The Morgan fingerprint density at radius 1 is 1.19 bits per heavy atom. The number of phenolic OH excluding ortho intramolecular Hbond substituents is 3. The van der Waals surface area contributed by atoms with E-state index in [9.17, 15) is 24.9 Å². The molecule has 0 aliphatic carbocycles. The molecule has 0 saturated carbocycles. The van der Waals surface area contributed by atoms with E-state index in [0.29, 0.717) is 16.9 Å². The van der Waals surface area contributed by atoms with Crippen LogP contribution in [0.15, 0.2) is 24.3 Å². The van der Waals surface area contributed by atoms with Gasteiger partial charge in [-0.1, -0.05) is 0 Å². The number of carbonyl (C=O) groups excluding carboxylic acids is 2. The fourth-order valence-corrected chi connectivity index (χ4v) is 3.26. The van der Waals surface area contributed by atoms with Crippen LogP contribution in [0.2, 0.25) is 0 Å². The molecule has 7 heteroatoms. The molecule has 0 aromatic heterocycles. The zero-order chi connectivity index (χ0) is 19.0. The van der Waals surface area contributed by atoms with Crippen LogP contribution in [0.5, 0.6) is 23.0 Å². The second kappa shape index (κ2) is 6.59. The minimum Gasteiger partial charge on any atom is -0.508 e. The molecule has 0 radical (unpaired) electrons. The van der Waals surface area contributed by atoms with Crippen LogP contribution in [0.1, 0.15) is 38.8 Å². The molecule has 1 aliphatic rings. The van der Waals surface area contributed by atoms with Crippen molar-refractivity contribution in [3.63, 3.8) is 0 Å². The van der Waals surface area contributed by atoms with Gasteiger partial charge in [-0.05, 0) is 30.2 Å². The highest BCUT2D eigenvalue weighted by molar-refractivity contribution is 5.98. The highest BCUT2D eigenvalue weighted by atomic mass is 16.5. The van der Waals surface area contributed by atoms with Crippen LogP contribution in [-0.2, 0) is 17.6 Å². The Morgan fingerprint density at radius 2 is 1.92 bits per heavy atom. The third-order valence-corrected chi connectivity index (χ3v) is 4.32. The Bertz CT molecular complexity index is 901. The molecule has 1 heterocycles. The van der Waals surface area contributed by atoms with E-state index in [4.69, 9.17) is 9.47 Å². The van der Waals surface area contributed by atoms with E-state index in [1.807, 2.05) is 0 Å². The van der Waals surface area contributed by atoms with E-state index in [1.54, 1.807) is 6.07 Å². The summed E-state index contributed by atoms with van der Waals surface area (Å²) in [6, 6.07) is 5.43. The summed E-state index contributed by atoms with van der Waals surface area (Å²) >= 11 is 0. The molecule has 3 N–H and O–H groups in total.